The summed E-state index contributed by atoms with van der Waals surface area (Å²) in [7, 11) is -2.52. The molecular weight excluding hydrogens is 202 g/mol. The van der Waals surface area contributed by atoms with Crippen molar-refractivity contribution in [2.45, 2.75) is 26.3 Å². The Kier molecular flexibility index (Phi) is 5.15. The molecule has 0 aromatic carbocycles. The third kappa shape index (κ3) is 4.37. The van der Waals surface area contributed by atoms with E-state index in [1.54, 1.807) is 6.92 Å². The third-order valence-electron chi connectivity index (χ3n) is 1.62. The number of carbonyl (C=O) groups is 1. The molecule has 13 heavy (non-hydrogen) atoms. The highest BCUT2D eigenvalue weighted by Gasteiger charge is 2.33. The lowest BCUT2D eigenvalue weighted by Crippen LogP contribution is -2.56. The van der Waals surface area contributed by atoms with E-state index in [4.69, 9.17) is 4.12 Å². The van der Waals surface area contributed by atoms with Gasteiger partial charge >= 0.3 is 8.72 Å². The van der Waals surface area contributed by atoms with E-state index in [1.807, 2.05) is 6.92 Å². The van der Waals surface area contributed by atoms with Gasteiger partial charge in [0.05, 0.1) is 0 Å². The highest BCUT2D eigenvalue weighted by atomic mass is 28.4. The first-order chi connectivity index (χ1) is 5.95. The standard InChI is InChI=1S/C7H17NO3Si2/c1-4-5-13(10,11-12)8-7(9)6(2)3/h10H,2,4-5H2,1,3,12H3,(H,8,9). The molecule has 0 aromatic rings. The highest BCUT2D eigenvalue weighted by molar-refractivity contribution is 6.69. The van der Waals surface area contributed by atoms with Crippen LogP contribution in [0, 0.1) is 0 Å². The molecular formula is C7H17NO3Si2. The smallest absolute Gasteiger partial charge is 0.429 e. The van der Waals surface area contributed by atoms with Gasteiger partial charge in [0, 0.05) is 11.6 Å². The van der Waals surface area contributed by atoms with E-state index < -0.39 is 8.72 Å². The topological polar surface area (TPSA) is 58.6 Å². The zero-order valence-electron chi connectivity index (χ0n) is 8.39. The summed E-state index contributed by atoms with van der Waals surface area (Å²) in [5, 5.41) is 0. The van der Waals surface area contributed by atoms with Gasteiger partial charge in [-0.3, -0.25) is 4.79 Å². The number of nitrogens with one attached hydrogen (secondary N) is 1. The number of amides is 1. The molecule has 0 saturated carbocycles. The average Bonchev–Trinajstić information content (AvgIpc) is 2.04. The second kappa shape index (κ2) is 5.33. The molecule has 0 aliphatic carbocycles. The molecule has 0 fully saturated rings. The third-order valence-corrected chi connectivity index (χ3v) is 6.12. The second-order valence-corrected chi connectivity index (χ2v) is 6.92. The van der Waals surface area contributed by atoms with Crippen molar-refractivity contribution in [2.75, 3.05) is 0 Å². The maximum absolute atomic E-state index is 11.2. The Morgan fingerprint density at radius 1 is 1.77 bits per heavy atom. The Labute approximate surface area is 82.9 Å². The lowest BCUT2D eigenvalue weighted by atomic mass is 10.3. The number of hydrogen-bond donors (Lipinski definition) is 2. The maximum atomic E-state index is 11.2. The van der Waals surface area contributed by atoms with Crippen LogP contribution < -0.4 is 4.98 Å². The zero-order chi connectivity index (χ0) is 10.5. The Hall–Kier alpha value is -0.436. The van der Waals surface area contributed by atoms with E-state index in [0.29, 0.717) is 22.1 Å². The number of carbonyl (C=O) groups excluding carboxylic acids is 1. The molecule has 0 radical (unpaired) electrons. The molecule has 0 aromatic heterocycles. The first-order valence-electron chi connectivity index (χ1n) is 4.20. The summed E-state index contributed by atoms with van der Waals surface area (Å²) in [6, 6.07) is 0.523. The molecule has 0 bridgehead atoms. The minimum atomic E-state index is -2.95. The largest absolute Gasteiger partial charge is 0.445 e. The monoisotopic (exact) mass is 219 g/mol. The summed E-state index contributed by atoms with van der Waals surface area (Å²) in [6.45, 7) is 7.02. The van der Waals surface area contributed by atoms with E-state index in [-0.39, 0.29) is 5.91 Å². The first-order valence-corrected chi connectivity index (χ1v) is 7.08. The predicted molar refractivity (Wildman–Crippen MR) is 57.1 cm³/mol. The summed E-state index contributed by atoms with van der Waals surface area (Å²) in [6.07, 6.45) is 0.793. The quantitative estimate of drug-likeness (QED) is 0.476. The Morgan fingerprint density at radius 2 is 2.31 bits per heavy atom. The van der Waals surface area contributed by atoms with E-state index in [0.717, 1.165) is 6.42 Å². The van der Waals surface area contributed by atoms with E-state index >= 15 is 0 Å². The molecule has 0 heterocycles. The van der Waals surface area contributed by atoms with E-state index in [2.05, 4.69) is 11.6 Å². The molecule has 2 N–H and O–H groups in total. The summed E-state index contributed by atoms with van der Waals surface area (Å²) < 4.78 is 5.06. The first kappa shape index (κ1) is 12.6. The van der Waals surface area contributed by atoms with Crippen molar-refractivity contribution < 1.29 is 13.7 Å². The van der Waals surface area contributed by atoms with Gasteiger partial charge in [-0.25, -0.2) is 0 Å². The van der Waals surface area contributed by atoms with Gasteiger partial charge in [0.25, 0.3) is 0 Å². The lowest BCUT2D eigenvalue weighted by Gasteiger charge is -2.23. The molecule has 1 atom stereocenters. The molecule has 0 aliphatic heterocycles. The average molecular weight is 219 g/mol. The van der Waals surface area contributed by atoms with Gasteiger partial charge in [-0.05, 0) is 6.92 Å². The van der Waals surface area contributed by atoms with Crippen LogP contribution in [0.15, 0.2) is 12.2 Å². The minimum Gasteiger partial charge on any atom is -0.429 e. The fraction of sp³-hybridized carbons (Fsp3) is 0.571. The maximum Gasteiger partial charge on any atom is 0.445 e. The summed E-state index contributed by atoms with van der Waals surface area (Å²) in [4.78, 5) is 23.5. The summed E-state index contributed by atoms with van der Waals surface area (Å²) in [5.41, 5.74) is 0.390. The summed E-state index contributed by atoms with van der Waals surface area (Å²) in [5.74, 6) is -0.321. The fourth-order valence-electron chi connectivity index (χ4n) is 0.839. The Morgan fingerprint density at radius 3 is 2.62 bits per heavy atom. The van der Waals surface area contributed by atoms with Gasteiger partial charge < -0.3 is 13.9 Å². The van der Waals surface area contributed by atoms with Crippen LogP contribution >= 0.6 is 0 Å². The molecule has 6 heteroatoms. The van der Waals surface area contributed by atoms with Gasteiger partial charge in [-0.15, -0.1) is 0 Å². The fourth-order valence-corrected chi connectivity index (χ4v) is 3.43. The number of hydrogen-bond acceptors (Lipinski definition) is 3. The van der Waals surface area contributed by atoms with Gasteiger partial charge in [0.2, 0.25) is 5.91 Å². The van der Waals surface area contributed by atoms with Crippen LogP contribution in [0.5, 0.6) is 0 Å². The Balaban J connectivity index is 4.26. The van der Waals surface area contributed by atoms with E-state index in [1.165, 1.54) is 0 Å². The van der Waals surface area contributed by atoms with Crippen LogP contribution in [0.1, 0.15) is 20.3 Å². The minimum absolute atomic E-state index is 0.321. The van der Waals surface area contributed by atoms with Crippen molar-refractivity contribution in [3.63, 3.8) is 0 Å². The van der Waals surface area contributed by atoms with Crippen molar-refractivity contribution >= 4 is 25.1 Å². The molecule has 76 valence electrons. The molecule has 1 amide bonds. The van der Waals surface area contributed by atoms with Crippen LogP contribution in [-0.2, 0) is 8.91 Å². The van der Waals surface area contributed by atoms with Crippen molar-refractivity contribution in [1.29, 1.82) is 0 Å². The predicted octanol–water partition coefficient (Wildman–Crippen LogP) is -0.683. The number of rotatable bonds is 5. The summed E-state index contributed by atoms with van der Waals surface area (Å²) >= 11 is 0. The van der Waals surface area contributed by atoms with Gasteiger partial charge in [-0.2, -0.15) is 0 Å². The molecule has 0 spiro atoms. The molecule has 4 nitrogen and oxygen atoms in total. The van der Waals surface area contributed by atoms with Gasteiger partial charge in [-0.1, -0.05) is 19.9 Å². The molecule has 0 rings (SSSR count). The van der Waals surface area contributed by atoms with Crippen LogP contribution in [0.4, 0.5) is 0 Å². The van der Waals surface area contributed by atoms with Crippen molar-refractivity contribution in [1.82, 2.24) is 4.98 Å². The van der Waals surface area contributed by atoms with Crippen LogP contribution in [0.2, 0.25) is 6.04 Å². The molecule has 1 unspecified atom stereocenters. The van der Waals surface area contributed by atoms with Crippen molar-refractivity contribution in [3.05, 3.63) is 12.2 Å². The lowest BCUT2D eigenvalue weighted by molar-refractivity contribution is -0.116. The van der Waals surface area contributed by atoms with Gasteiger partial charge in [0.15, 0.2) is 0 Å². The molecule has 0 aliphatic rings. The van der Waals surface area contributed by atoms with E-state index in [9.17, 15) is 9.59 Å². The van der Waals surface area contributed by atoms with Gasteiger partial charge in [0.1, 0.15) is 10.5 Å². The van der Waals surface area contributed by atoms with Crippen LogP contribution in [-0.4, -0.2) is 29.9 Å². The zero-order valence-corrected chi connectivity index (χ0v) is 11.4. The van der Waals surface area contributed by atoms with Crippen molar-refractivity contribution in [2.24, 2.45) is 0 Å². The normalized spacial score (nSPS) is 15.0. The Bertz CT molecular complexity index is 210. The van der Waals surface area contributed by atoms with Crippen molar-refractivity contribution in [3.8, 4) is 0 Å². The van der Waals surface area contributed by atoms with Crippen LogP contribution in [0.25, 0.3) is 0 Å². The SMILES string of the molecule is C=C(C)C(=O)N[Si](O)(CCC)O[SiH3]. The second-order valence-electron chi connectivity index (χ2n) is 2.97. The molecule has 0 saturated heterocycles. The van der Waals surface area contributed by atoms with Crippen LogP contribution in [0.3, 0.4) is 0 Å². The highest BCUT2D eigenvalue weighted by Crippen LogP contribution is 2.06.